The molecule has 20 heavy (non-hydrogen) atoms. The number of methoxy groups -OCH3 is 1. The molecule has 1 amide bonds. The SMILES string of the molecule is COC(=O)CCN1CCN(C(C)C(=O)NC2CC2)CC1. The van der Waals surface area contributed by atoms with Gasteiger partial charge in [-0.15, -0.1) is 0 Å². The van der Waals surface area contributed by atoms with Gasteiger partial charge < -0.3 is 15.0 Å². The zero-order valence-corrected chi connectivity index (χ0v) is 12.4. The number of hydrogen-bond donors (Lipinski definition) is 1. The average molecular weight is 283 g/mol. The van der Waals surface area contributed by atoms with Crippen LogP contribution in [-0.2, 0) is 14.3 Å². The topological polar surface area (TPSA) is 61.9 Å². The number of amides is 1. The van der Waals surface area contributed by atoms with Gasteiger partial charge in [0, 0.05) is 38.8 Å². The summed E-state index contributed by atoms with van der Waals surface area (Å²) in [5.41, 5.74) is 0. The first-order chi connectivity index (χ1) is 9.60. The van der Waals surface area contributed by atoms with E-state index in [1.165, 1.54) is 7.11 Å². The van der Waals surface area contributed by atoms with Crippen molar-refractivity contribution >= 4 is 11.9 Å². The normalized spacial score (nSPS) is 22.3. The molecule has 0 radical (unpaired) electrons. The Morgan fingerprint density at radius 2 is 1.90 bits per heavy atom. The highest BCUT2D eigenvalue weighted by Gasteiger charge is 2.29. The first-order valence-corrected chi connectivity index (χ1v) is 7.43. The van der Waals surface area contributed by atoms with Crippen LogP contribution in [0.2, 0.25) is 0 Å². The van der Waals surface area contributed by atoms with E-state index in [1.54, 1.807) is 0 Å². The number of hydrogen-bond acceptors (Lipinski definition) is 5. The molecule has 0 aromatic rings. The smallest absolute Gasteiger partial charge is 0.306 e. The third kappa shape index (κ3) is 4.45. The summed E-state index contributed by atoms with van der Waals surface area (Å²) in [6.07, 6.45) is 2.69. The van der Waals surface area contributed by atoms with Crippen LogP contribution in [0.4, 0.5) is 0 Å². The van der Waals surface area contributed by atoms with E-state index < -0.39 is 0 Å². The zero-order valence-electron chi connectivity index (χ0n) is 12.4. The lowest BCUT2D eigenvalue weighted by Crippen LogP contribution is -2.54. The van der Waals surface area contributed by atoms with Gasteiger partial charge in [0.25, 0.3) is 0 Å². The third-order valence-electron chi connectivity index (χ3n) is 4.12. The van der Waals surface area contributed by atoms with Crippen LogP contribution in [0, 0.1) is 0 Å². The number of esters is 1. The van der Waals surface area contributed by atoms with E-state index in [-0.39, 0.29) is 17.9 Å². The Hall–Kier alpha value is -1.14. The van der Waals surface area contributed by atoms with Crippen LogP contribution in [0.5, 0.6) is 0 Å². The van der Waals surface area contributed by atoms with Crippen molar-refractivity contribution in [3.05, 3.63) is 0 Å². The van der Waals surface area contributed by atoms with Crippen molar-refractivity contribution in [2.45, 2.75) is 38.3 Å². The maximum absolute atomic E-state index is 12.0. The zero-order chi connectivity index (χ0) is 14.5. The minimum Gasteiger partial charge on any atom is -0.469 e. The Kier molecular flexibility index (Phi) is 5.37. The van der Waals surface area contributed by atoms with E-state index in [2.05, 4.69) is 19.9 Å². The maximum Gasteiger partial charge on any atom is 0.306 e. The fourth-order valence-electron chi connectivity index (χ4n) is 2.44. The van der Waals surface area contributed by atoms with Gasteiger partial charge in [0.1, 0.15) is 0 Å². The Labute approximate surface area is 120 Å². The Morgan fingerprint density at radius 1 is 1.25 bits per heavy atom. The van der Waals surface area contributed by atoms with Crippen molar-refractivity contribution in [2.75, 3.05) is 39.8 Å². The molecule has 0 bridgehead atoms. The van der Waals surface area contributed by atoms with Crippen LogP contribution >= 0.6 is 0 Å². The number of nitrogens with one attached hydrogen (secondary N) is 1. The molecule has 114 valence electrons. The van der Waals surface area contributed by atoms with E-state index in [0.717, 1.165) is 45.6 Å². The maximum atomic E-state index is 12.0. The van der Waals surface area contributed by atoms with E-state index in [9.17, 15) is 9.59 Å². The molecule has 1 saturated heterocycles. The highest BCUT2D eigenvalue weighted by Crippen LogP contribution is 2.19. The molecule has 1 N–H and O–H groups in total. The first kappa shape index (κ1) is 15.3. The van der Waals surface area contributed by atoms with Gasteiger partial charge in [0.15, 0.2) is 0 Å². The fourth-order valence-corrected chi connectivity index (χ4v) is 2.44. The summed E-state index contributed by atoms with van der Waals surface area (Å²) in [4.78, 5) is 27.6. The lowest BCUT2D eigenvalue weighted by molar-refractivity contribution is -0.141. The van der Waals surface area contributed by atoms with E-state index in [1.807, 2.05) is 6.92 Å². The number of rotatable bonds is 6. The quantitative estimate of drug-likeness (QED) is 0.686. The first-order valence-electron chi connectivity index (χ1n) is 7.43. The fraction of sp³-hybridized carbons (Fsp3) is 0.857. The Balaban J connectivity index is 1.67. The van der Waals surface area contributed by atoms with Crippen molar-refractivity contribution < 1.29 is 14.3 Å². The van der Waals surface area contributed by atoms with Crippen LogP contribution in [0.25, 0.3) is 0 Å². The molecule has 1 aliphatic carbocycles. The minimum absolute atomic E-state index is 0.0571. The van der Waals surface area contributed by atoms with Crippen molar-refractivity contribution in [3.63, 3.8) is 0 Å². The minimum atomic E-state index is -0.162. The second kappa shape index (κ2) is 7.04. The highest BCUT2D eigenvalue weighted by atomic mass is 16.5. The van der Waals surface area contributed by atoms with Gasteiger partial charge in [0.2, 0.25) is 5.91 Å². The second-order valence-electron chi connectivity index (χ2n) is 5.66. The van der Waals surface area contributed by atoms with E-state index >= 15 is 0 Å². The Bertz CT molecular complexity index is 350. The molecule has 2 aliphatic rings. The molecule has 2 rings (SSSR count). The number of nitrogens with zero attached hydrogens (tertiary/aromatic N) is 2. The highest BCUT2D eigenvalue weighted by molar-refractivity contribution is 5.81. The van der Waals surface area contributed by atoms with Gasteiger partial charge in [-0.3, -0.25) is 14.5 Å². The molecule has 1 heterocycles. The van der Waals surface area contributed by atoms with Gasteiger partial charge in [-0.2, -0.15) is 0 Å². The van der Waals surface area contributed by atoms with Crippen LogP contribution in [0.15, 0.2) is 0 Å². The summed E-state index contributed by atoms with van der Waals surface area (Å²) in [5, 5.41) is 3.05. The molecule has 6 heteroatoms. The van der Waals surface area contributed by atoms with E-state index in [4.69, 9.17) is 0 Å². The summed E-state index contributed by atoms with van der Waals surface area (Å²) in [6.45, 7) is 6.27. The van der Waals surface area contributed by atoms with Crippen LogP contribution in [0.3, 0.4) is 0 Å². The van der Waals surface area contributed by atoms with Gasteiger partial charge in [-0.1, -0.05) is 0 Å². The molecule has 1 saturated carbocycles. The molecular weight excluding hydrogens is 258 g/mol. The van der Waals surface area contributed by atoms with Crippen molar-refractivity contribution in [3.8, 4) is 0 Å². The largest absolute Gasteiger partial charge is 0.469 e. The predicted octanol–water partition coefficient (Wildman–Crippen LogP) is -0.166. The summed E-state index contributed by atoms with van der Waals surface area (Å²) in [6, 6.07) is 0.365. The lowest BCUT2D eigenvalue weighted by Gasteiger charge is -2.37. The predicted molar refractivity (Wildman–Crippen MR) is 75.3 cm³/mol. The van der Waals surface area contributed by atoms with Crippen molar-refractivity contribution in [1.29, 1.82) is 0 Å². The molecule has 0 aromatic heterocycles. The van der Waals surface area contributed by atoms with E-state index in [0.29, 0.717) is 12.5 Å². The number of piperazine rings is 1. The number of ether oxygens (including phenoxy) is 1. The van der Waals surface area contributed by atoms with Gasteiger partial charge in [-0.05, 0) is 19.8 Å². The van der Waals surface area contributed by atoms with Crippen LogP contribution in [-0.4, -0.2) is 73.6 Å². The van der Waals surface area contributed by atoms with Crippen LogP contribution < -0.4 is 5.32 Å². The molecule has 0 spiro atoms. The average Bonchev–Trinajstić information content (AvgIpc) is 3.28. The van der Waals surface area contributed by atoms with Gasteiger partial charge in [0.05, 0.1) is 19.6 Å². The molecule has 1 aliphatic heterocycles. The third-order valence-corrected chi connectivity index (χ3v) is 4.12. The molecule has 2 fully saturated rings. The number of carbonyl (C=O) groups is 2. The van der Waals surface area contributed by atoms with Crippen LogP contribution in [0.1, 0.15) is 26.2 Å². The summed E-state index contributed by atoms with van der Waals surface area (Å²) < 4.78 is 4.65. The van der Waals surface area contributed by atoms with Gasteiger partial charge in [-0.25, -0.2) is 0 Å². The standard InChI is InChI=1S/C14H25N3O3/c1-11(14(19)15-12-3-4-12)17-9-7-16(8-10-17)6-5-13(18)20-2/h11-12H,3-10H2,1-2H3,(H,15,19). The second-order valence-corrected chi connectivity index (χ2v) is 5.66. The van der Waals surface area contributed by atoms with Gasteiger partial charge >= 0.3 is 5.97 Å². The summed E-state index contributed by atoms with van der Waals surface area (Å²) >= 11 is 0. The van der Waals surface area contributed by atoms with Crippen molar-refractivity contribution in [1.82, 2.24) is 15.1 Å². The monoisotopic (exact) mass is 283 g/mol. The molecule has 1 atom stereocenters. The lowest BCUT2D eigenvalue weighted by atomic mass is 10.2. The molecule has 1 unspecified atom stereocenters. The summed E-state index contributed by atoms with van der Waals surface area (Å²) in [5.74, 6) is -0.0138. The molecule has 6 nitrogen and oxygen atoms in total. The van der Waals surface area contributed by atoms with Crippen molar-refractivity contribution in [2.24, 2.45) is 0 Å². The molecular formula is C14H25N3O3. The molecule has 0 aromatic carbocycles. The summed E-state index contributed by atoms with van der Waals surface area (Å²) in [7, 11) is 1.42. The number of carbonyl (C=O) groups excluding carboxylic acids is 2. The Morgan fingerprint density at radius 3 is 2.45 bits per heavy atom.